The molecule has 0 saturated carbocycles. The highest BCUT2D eigenvalue weighted by molar-refractivity contribution is 8.01. The highest BCUT2D eigenvalue weighted by Gasteiger charge is 2.21. The minimum atomic E-state index is -0.498. The Bertz CT molecular complexity index is 748. The summed E-state index contributed by atoms with van der Waals surface area (Å²) in [5.41, 5.74) is 0.968. The van der Waals surface area contributed by atoms with Crippen LogP contribution in [0, 0.1) is 17.0 Å². The fourth-order valence-corrected chi connectivity index (χ4v) is 3.94. The van der Waals surface area contributed by atoms with Gasteiger partial charge in [-0.05, 0) is 26.0 Å². The van der Waals surface area contributed by atoms with E-state index in [0.717, 1.165) is 5.69 Å². The van der Waals surface area contributed by atoms with Gasteiger partial charge in [0.2, 0.25) is 0 Å². The minimum Gasteiger partial charge on any atom is -0.395 e. The molecule has 0 unspecified atom stereocenters. The topological polar surface area (TPSA) is 96.6 Å². The van der Waals surface area contributed by atoms with Crippen LogP contribution in [0.4, 0.5) is 5.69 Å². The molecule has 0 fully saturated rings. The van der Waals surface area contributed by atoms with Gasteiger partial charge in [0.25, 0.3) is 11.6 Å². The van der Waals surface area contributed by atoms with Crippen molar-refractivity contribution in [2.75, 3.05) is 19.7 Å². The predicted octanol–water partition coefficient (Wildman–Crippen LogP) is 2.97. The number of aliphatic hydroxyl groups excluding tert-OH is 1. The second-order valence-electron chi connectivity index (χ2n) is 4.90. The molecule has 1 aromatic carbocycles. The van der Waals surface area contributed by atoms with E-state index >= 15 is 0 Å². The Morgan fingerprint density at radius 2 is 2.25 bits per heavy atom. The largest absolute Gasteiger partial charge is 0.395 e. The molecule has 24 heavy (non-hydrogen) atoms. The van der Waals surface area contributed by atoms with Crippen LogP contribution in [0.15, 0.2) is 32.8 Å². The van der Waals surface area contributed by atoms with Gasteiger partial charge in [0, 0.05) is 35.8 Å². The summed E-state index contributed by atoms with van der Waals surface area (Å²) < 4.78 is 0.713. The van der Waals surface area contributed by atoms with Crippen molar-refractivity contribution in [3.05, 3.63) is 45.0 Å². The molecular formula is C15H17N3O4S2. The van der Waals surface area contributed by atoms with Gasteiger partial charge in [-0.1, -0.05) is 11.8 Å². The summed E-state index contributed by atoms with van der Waals surface area (Å²) in [5.74, 6) is -0.337. The fraction of sp³-hybridized carbons (Fsp3) is 0.333. The zero-order valence-electron chi connectivity index (χ0n) is 13.3. The number of amides is 1. The molecule has 7 nitrogen and oxygen atoms in total. The molecule has 0 spiro atoms. The van der Waals surface area contributed by atoms with E-state index < -0.39 is 4.92 Å². The van der Waals surface area contributed by atoms with E-state index in [1.165, 1.54) is 34.1 Å². The number of thiazole rings is 1. The lowest BCUT2D eigenvalue weighted by Crippen LogP contribution is -2.33. The number of carbonyl (C=O) groups is 1. The minimum absolute atomic E-state index is 0.126. The molecule has 9 heteroatoms. The van der Waals surface area contributed by atoms with Crippen molar-refractivity contribution in [2.24, 2.45) is 0 Å². The Morgan fingerprint density at radius 1 is 1.50 bits per heavy atom. The summed E-state index contributed by atoms with van der Waals surface area (Å²) >= 11 is 2.63. The molecule has 0 bridgehead atoms. The lowest BCUT2D eigenvalue weighted by molar-refractivity contribution is -0.387. The SMILES string of the molecule is CCN(CCO)C(=O)c1ccc(Sc2nc(C)cs2)c([N+](=O)[O-])c1. The third kappa shape index (κ3) is 4.31. The van der Waals surface area contributed by atoms with Crippen LogP contribution in [0.25, 0.3) is 0 Å². The first-order valence-corrected chi connectivity index (χ1v) is 8.94. The first-order valence-electron chi connectivity index (χ1n) is 7.24. The van der Waals surface area contributed by atoms with Gasteiger partial charge >= 0.3 is 0 Å². The quantitative estimate of drug-likeness (QED) is 0.597. The molecule has 0 atom stereocenters. The zero-order valence-corrected chi connectivity index (χ0v) is 14.9. The number of aliphatic hydroxyl groups is 1. The Balaban J connectivity index is 2.32. The van der Waals surface area contributed by atoms with E-state index in [4.69, 9.17) is 5.11 Å². The molecule has 0 saturated heterocycles. The van der Waals surface area contributed by atoms with Crippen LogP contribution in [0.3, 0.4) is 0 Å². The maximum Gasteiger partial charge on any atom is 0.284 e. The summed E-state index contributed by atoms with van der Waals surface area (Å²) in [5, 5.41) is 22.2. The predicted molar refractivity (Wildman–Crippen MR) is 92.7 cm³/mol. The van der Waals surface area contributed by atoms with E-state index in [1.54, 1.807) is 19.1 Å². The number of rotatable bonds is 7. The second-order valence-corrected chi connectivity index (χ2v) is 7.05. The van der Waals surface area contributed by atoms with Gasteiger partial charge in [0.15, 0.2) is 4.34 Å². The first-order chi connectivity index (χ1) is 11.5. The van der Waals surface area contributed by atoms with Crippen molar-refractivity contribution in [3.8, 4) is 0 Å². The van der Waals surface area contributed by atoms with Gasteiger partial charge in [0.1, 0.15) is 0 Å². The highest BCUT2D eigenvalue weighted by atomic mass is 32.2. The maximum absolute atomic E-state index is 12.4. The van der Waals surface area contributed by atoms with Crippen molar-refractivity contribution in [2.45, 2.75) is 23.1 Å². The summed E-state index contributed by atoms with van der Waals surface area (Å²) in [4.78, 5) is 29.4. The second kappa shape index (κ2) is 8.22. The normalized spacial score (nSPS) is 10.6. The maximum atomic E-state index is 12.4. The summed E-state index contributed by atoms with van der Waals surface area (Å²) in [7, 11) is 0. The van der Waals surface area contributed by atoms with E-state index in [0.29, 0.717) is 15.8 Å². The van der Waals surface area contributed by atoms with Gasteiger partial charge in [-0.3, -0.25) is 14.9 Å². The number of hydrogen-bond acceptors (Lipinski definition) is 7. The Morgan fingerprint density at radius 3 is 2.79 bits per heavy atom. The molecule has 2 aromatic rings. The molecule has 0 aliphatic rings. The summed E-state index contributed by atoms with van der Waals surface area (Å²) in [6.07, 6.45) is 0. The lowest BCUT2D eigenvalue weighted by atomic mass is 10.1. The number of carbonyl (C=O) groups excluding carboxylic acids is 1. The Labute approximate surface area is 147 Å². The molecule has 0 radical (unpaired) electrons. The van der Waals surface area contributed by atoms with Gasteiger partial charge in [-0.15, -0.1) is 11.3 Å². The molecular weight excluding hydrogens is 350 g/mol. The highest BCUT2D eigenvalue weighted by Crippen LogP contribution is 2.36. The van der Waals surface area contributed by atoms with Gasteiger partial charge in [0.05, 0.1) is 16.4 Å². The number of aromatic nitrogens is 1. The smallest absolute Gasteiger partial charge is 0.284 e. The van der Waals surface area contributed by atoms with Crippen LogP contribution in [0.2, 0.25) is 0 Å². The number of nitro benzene ring substituents is 1. The van der Waals surface area contributed by atoms with Crippen LogP contribution in [-0.4, -0.2) is 45.5 Å². The number of nitrogens with zero attached hydrogens (tertiary/aromatic N) is 3. The van der Waals surface area contributed by atoms with Gasteiger partial charge in [-0.25, -0.2) is 4.98 Å². The molecule has 1 N–H and O–H groups in total. The van der Waals surface area contributed by atoms with E-state index in [-0.39, 0.29) is 30.3 Å². The molecule has 2 rings (SSSR count). The number of aryl methyl sites for hydroxylation is 1. The van der Waals surface area contributed by atoms with E-state index in [2.05, 4.69) is 4.98 Å². The Kier molecular flexibility index (Phi) is 6.29. The molecule has 1 aromatic heterocycles. The third-order valence-electron chi connectivity index (χ3n) is 3.24. The van der Waals surface area contributed by atoms with Crippen LogP contribution in [0.5, 0.6) is 0 Å². The molecule has 1 heterocycles. The average molecular weight is 367 g/mol. The monoisotopic (exact) mass is 367 g/mol. The summed E-state index contributed by atoms with van der Waals surface area (Å²) in [6, 6.07) is 4.42. The van der Waals surface area contributed by atoms with Crippen molar-refractivity contribution < 1.29 is 14.8 Å². The molecule has 0 aliphatic carbocycles. The molecule has 128 valence electrons. The van der Waals surface area contributed by atoms with Crippen LogP contribution < -0.4 is 0 Å². The van der Waals surface area contributed by atoms with Crippen LogP contribution in [0.1, 0.15) is 23.0 Å². The number of hydrogen-bond donors (Lipinski definition) is 1. The lowest BCUT2D eigenvalue weighted by Gasteiger charge is -2.19. The van der Waals surface area contributed by atoms with Crippen molar-refractivity contribution in [1.29, 1.82) is 0 Å². The zero-order chi connectivity index (χ0) is 17.7. The number of nitro groups is 1. The molecule has 0 aliphatic heterocycles. The van der Waals surface area contributed by atoms with E-state index in [1.807, 2.05) is 12.3 Å². The average Bonchev–Trinajstić information content (AvgIpc) is 2.97. The summed E-state index contributed by atoms with van der Waals surface area (Å²) in [6.45, 7) is 4.10. The third-order valence-corrected chi connectivity index (χ3v) is 5.36. The number of likely N-dealkylation sites (N-methyl/N-ethyl adjacent to an activating group) is 1. The van der Waals surface area contributed by atoms with Gasteiger partial charge < -0.3 is 10.0 Å². The fourth-order valence-electron chi connectivity index (χ4n) is 2.06. The van der Waals surface area contributed by atoms with Crippen molar-refractivity contribution in [3.63, 3.8) is 0 Å². The van der Waals surface area contributed by atoms with Gasteiger partial charge in [-0.2, -0.15) is 0 Å². The van der Waals surface area contributed by atoms with Crippen molar-refractivity contribution in [1.82, 2.24) is 9.88 Å². The first kappa shape index (κ1) is 18.4. The Hall–Kier alpha value is -1.97. The van der Waals surface area contributed by atoms with Crippen LogP contribution >= 0.6 is 23.1 Å². The van der Waals surface area contributed by atoms with Crippen LogP contribution in [-0.2, 0) is 0 Å². The van der Waals surface area contributed by atoms with E-state index in [9.17, 15) is 14.9 Å². The molecule has 1 amide bonds. The van der Waals surface area contributed by atoms with Crippen molar-refractivity contribution >= 4 is 34.7 Å². The standard InChI is InChI=1S/C15H17N3O4S2/c1-3-17(6-7-19)14(20)11-4-5-13(12(8-11)18(21)22)24-15-16-10(2)9-23-15/h4-5,8-9,19H,3,6-7H2,1-2H3. The number of benzene rings is 1.